The summed E-state index contributed by atoms with van der Waals surface area (Å²) in [5.74, 6) is 0.599. The maximum Gasteiger partial charge on any atom is 0.332 e. The zero-order valence-corrected chi connectivity index (χ0v) is 18.9. The van der Waals surface area contributed by atoms with E-state index in [4.69, 9.17) is 4.98 Å². The predicted molar refractivity (Wildman–Crippen MR) is 127 cm³/mol. The third-order valence-corrected chi connectivity index (χ3v) is 6.15. The van der Waals surface area contributed by atoms with E-state index >= 15 is 0 Å². The minimum Gasteiger partial charge on any atom is -0.312 e. The van der Waals surface area contributed by atoms with Crippen LogP contribution >= 0.6 is 0 Å². The van der Waals surface area contributed by atoms with E-state index in [1.165, 1.54) is 4.57 Å². The zero-order valence-electron chi connectivity index (χ0n) is 18.9. The first kappa shape index (κ1) is 20.9. The number of anilines is 2. The van der Waals surface area contributed by atoms with Crippen LogP contribution in [0.2, 0.25) is 0 Å². The summed E-state index contributed by atoms with van der Waals surface area (Å²) in [6, 6.07) is 16.8. The summed E-state index contributed by atoms with van der Waals surface area (Å²) >= 11 is 0. The maximum atomic E-state index is 13.5. The number of carbonyl (C=O) groups is 1. The monoisotopic (exact) mass is 443 g/mol. The predicted octanol–water partition coefficient (Wildman–Crippen LogP) is 2.88. The topological polar surface area (TPSA) is 82.1 Å². The second-order valence-electron chi connectivity index (χ2n) is 8.77. The van der Waals surface area contributed by atoms with Crippen molar-refractivity contribution in [3.05, 3.63) is 86.6 Å². The van der Waals surface area contributed by atoms with Crippen LogP contribution in [0.25, 0.3) is 11.2 Å². The molecule has 8 nitrogen and oxygen atoms in total. The van der Waals surface area contributed by atoms with Gasteiger partial charge in [-0.3, -0.25) is 18.7 Å². The normalized spacial score (nSPS) is 15.6. The summed E-state index contributed by atoms with van der Waals surface area (Å²) in [7, 11) is 1.59. The van der Waals surface area contributed by atoms with Crippen LogP contribution in [0.5, 0.6) is 0 Å². The van der Waals surface area contributed by atoms with E-state index in [9.17, 15) is 14.4 Å². The molecule has 0 saturated heterocycles. The highest BCUT2D eigenvalue weighted by Gasteiger charge is 2.30. The average molecular weight is 444 g/mol. The molecule has 2 aromatic carbocycles. The molecule has 0 N–H and O–H groups in total. The van der Waals surface area contributed by atoms with Crippen LogP contribution in [0.4, 0.5) is 11.6 Å². The number of nitrogens with zero attached hydrogens (tertiary/aromatic N) is 5. The van der Waals surface area contributed by atoms with Crippen molar-refractivity contribution < 1.29 is 4.79 Å². The molecule has 1 aliphatic heterocycles. The van der Waals surface area contributed by atoms with E-state index in [2.05, 4.69) is 17.9 Å². The largest absolute Gasteiger partial charge is 0.332 e. The zero-order chi connectivity index (χ0) is 23.3. The average Bonchev–Trinajstić information content (AvgIpc) is 3.20. The van der Waals surface area contributed by atoms with E-state index < -0.39 is 11.2 Å². The minimum atomic E-state index is -0.553. The second-order valence-corrected chi connectivity index (χ2v) is 8.77. The third kappa shape index (κ3) is 3.47. The molecule has 168 valence electrons. The number of ketones is 1. The number of aryl methyl sites for hydroxylation is 2. The fraction of sp³-hybridized carbons (Fsp3) is 0.280. The van der Waals surface area contributed by atoms with Gasteiger partial charge in [-0.15, -0.1) is 0 Å². The standard InChI is InChI=1S/C25H25N5O3/c1-16-8-7-11-19(12-16)28-13-17(2)14-29-21-22(26-24(28)29)27(3)25(33)30(23(21)32)15-20(31)18-9-5-4-6-10-18/h4-12,17H,13-15H2,1-3H3/t17-/m1/s1. The first-order chi connectivity index (χ1) is 15.8. The van der Waals surface area contributed by atoms with Crippen molar-refractivity contribution >= 4 is 28.6 Å². The van der Waals surface area contributed by atoms with Gasteiger partial charge in [0.25, 0.3) is 5.56 Å². The smallest absolute Gasteiger partial charge is 0.312 e. The number of rotatable bonds is 4. The van der Waals surface area contributed by atoms with E-state index in [1.807, 2.05) is 35.8 Å². The van der Waals surface area contributed by atoms with Crippen molar-refractivity contribution in [2.75, 3.05) is 11.4 Å². The quantitative estimate of drug-likeness (QED) is 0.453. The van der Waals surface area contributed by atoms with Gasteiger partial charge in [-0.05, 0) is 30.5 Å². The Hall–Kier alpha value is -3.94. The van der Waals surface area contributed by atoms with Crippen LogP contribution in [0.1, 0.15) is 22.8 Å². The van der Waals surface area contributed by atoms with Gasteiger partial charge in [-0.2, -0.15) is 4.98 Å². The van der Waals surface area contributed by atoms with Gasteiger partial charge < -0.3 is 9.47 Å². The SMILES string of the molecule is Cc1cccc(N2C[C@@H](C)Cn3c2nc2c3c(=O)n(CC(=O)c3ccccc3)c(=O)n2C)c1. The van der Waals surface area contributed by atoms with Gasteiger partial charge in [0, 0.05) is 31.4 Å². The Labute approximate surface area is 190 Å². The van der Waals surface area contributed by atoms with Gasteiger partial charge in [-0.25, -0.2) is 4.79 Å². The maximum absolute atomic E-state index is 13.5. The highest BCUT2D eigenvalue weighted by atomic mass is 16.2. The van der Waals surface area contributed by atoms with Gasteiger partial charge in [0.15, 0.2) is 16.9 Å². The molecule has 0 amide bonds. The number of hydrogen-bond acceptors (Lipinski definition) is 5. The first-order valence-corrected chi connectivity index (χ1v) is 11.0. The van der Waals surface area contributed by atoms with E-state index in [1.54, 1.807) is 31.3 Å². The van der Waals surface area contributed by atoms with Crippen LogP contribution in [-0.2, 0) is 20.1 Å². The van der Waals surface area contributed by atoms with E-state index in [-0.39, 0.29) is 18.2 Å². The van der Waals surface area contributed by atoms with Crippen LogP contribution < -0.4 is 16.1 Å². The fourth-order valence-electron chi connectivity index (χ4n) is 4.52. The minimum absolute atomic E-state index is 0.256. The second kappa shape index (κ2) is 7.88. The number of aromatic nitrogens is 4. The van der Waals surface area contributed by atoms with Gasteiger partial charge in [-0.1, -0.05) is 49.4 Å². The summed E-state index contributed by atoms with van der Waals surface area (Å²) in [4.78, 5) is 46.2. The molecule has 33 heavy (non-hydrogen) atoms. The lowest BCUT2D eigenvalue weighted by Gasteiger charge is -2.33. The molecule has 1 aliphatic rings. The Balaban J connectivity index is 1.69. The fourth-order valence-corrected chi connectivity index (χ4v) is 4.52. The number of Topliss-reactive ketones (excluding diaryl/α,β-unsaturated/α-hetero) is 1. The molecule has 0 aliphatic carbocycles. The van der Waals surface area contributed by atoms with Crippen LogP contribution in [0, 0.1) is 12.8 Å². The van der Waals surface area contributed by atoms with Crippen molar-refractivity contribution in [1.29, 1.82) is 0 Å². The van der Waals surface area contributed by atoms with Gasteiger partial charge >= 0.3 is 5.69 Å². The summed E-state index contributed by atoms with van der Waals surface area (Å²) in [5, 5.41) is 0. The molecule has 0 radical (unpaired) electrons. The molecule has 4 aromatic rings. The molecule has 0 fully saturated rings. The van der Waals surface area contributed by atoms with Crippen LogP contribution in [0.3, 0.4) is 0 Å². The van der Waals surface area contributed by atoms with E-state index in [0.717, 1.165) is 22.4 Å². The summed E-state index contributed by atoms with van der Waals surface area (Å²) in [6.45, 7) is 5.20. The van der Waals surface area contributed by atoms with Crippen LogP contribution in [0.15, 0.2) is 64.2 Å². The first-order valence-electron chi connectivity index (χ1n) is 11.0. The Morgan fingerprint density at radius 2 is 1.82 bits per heavy atom. The Morgan fingerprint density at radius 3 is 2.55 bits per heavy atom. The Bertz CT molecular complexity index is 1500. The van der Waals surface area contributed by atoms with Crippen molar-refractivity contribution in [3.63, 3.8) is 0 Å². The lowest BCUT2D eigenvalue weighted by molar-refractivity contribution is 0.0969. The number of fused-ring (bicyclic) bond motifs is 3. The molecule has 5 rings (SSSR count). The highest BCUT2D eigenvalue weighted by molar-refractivity contribution is 5.96. The summed E-state index contributed by atoms with van der Waals surface area (Å²) in [5.41, 5.74) is 2.20. The molecule has 0 unspecified atom stereocenters. The van der Waals surface area contributed by atoms with Crippen molar-refractivity contribution in [2.24, 2.45) is 13.0 Å². The van der Waals surface area contributed by atoms with E-state index in [0.29, 0.717) is 29.2 Å². The molecular formula is C25H25N5O3. The number of hydrogen-bond donors (Lipinski definition) is 0. The van der Waals surface area contributed by atoms with Crippen molar-refractivity contribution in [1.82, 2.24) is 18.7 Å². The van der Waals surface area contributed by atoms with Crippen molar-refractivity contribution in [3.8, 4) is 0 Å². The lowest BCUT2D eigenvalue weighted by Crippen LogP contribution is -2.42. The number of imidazole rings is 1. The molecule has 2 aromatic heterocycles. The Morgan fingerprint density at radius 1 is 1.06 bits per heavy atom. The molecular weight excluding hydrogens is 418 g/mol. The summed E-state index contributed by atoms with van der Waals surface area (Å²) in [6.07, 6.45) is 0. The van der Waals surface area contributed by atoms with Gasteiger partial charge in [0.1, 0.15) is 0 Å². The van der Waals surface area contributed by atoms with Crippen LogP contribution in [-0.4, -0.2) is 31.0 Å². The number of benzene rings is 2. The highest BCUT2D eigenvalue weighted by Crippen LogP contribution is 2.33. The van der Waals surface area contributed by atoms with Crippen molar-refractivity contribution in [2.45, 2.75) is 26.9 Å². The molecule has 0 bridgehead atoms. The van der Waals surface area contributed by atoms with Gasteiger partial charge in [0.05, 0.1) is 6.54 Å². The molecule has 3 heterocycles. The Kier molecular flexibility index (Phi) is 5.00. The molecule has 0 saturated carbocycles. The molecule has 0 spiro atoms. The molecule has 8 heteroatoms. The lowest BCUT2D eigenvalue weighted by atomic mass is 10.1. The third-order valence-electron chi connectivity index (χ3n) is 6.15. The van der Waals surface area contributed by atoms with Gasteiger partial charge in [0.2, 0.25) is 5.95 Å². The number of carbonyl (C=O) groups excluding carboxylic acids is 1. The molecule has 1 atom stereocenters. The summed E-state index contributed by atoms with van der Waals surface area (Å²) < 4.78 is 4.26.